The lowest BCUT2D eigenvalue weighted by Gasteiger charge is -2.22. The molecule has 1 atom stereocenters. The zero-order valence-electron chi connectivity index (χ0n) is 19.5. The number of methoxy groups -OCH3 is 1. The number of hydrogen-bond donors (Lipinski definition) is 2. The van der Waals surface area contributed by atoms with Crippen LogP contribution in [-0.2, 0) is 0 Å². The number of ether oxygens (including phenoxy) is 3. The van der Waals surface area contributed by atoms with E-state index in [1.807, 2.05) is 25.1 Å². The number of aliphatic hydroxyl groups is 1. The van der Waals surface area contributed by atoms with Gasteiger partial charge in [-0.15, -0.1) is 0 Å². The Balaban J connectivity index is 1.57. The third-order valence-electron chi connectivity index (χ3n) is 5.62. The maximum atomic E-state index is 10.3. The van der Waals surface area contributed by atoms with Gasteiger partial charge < -0.3 is 29.2 Å². The molecule has 0 radical (unpaired) electrons. The molecule has 0 fully saturated rings. The Kier molecular flexibility index (Phi) is 6.96. The molecule has 0 amide bonds. The van der Waals surface area contributed by atoms with E-state index in [2.05, 4.69) is 39.8 Å². The summed E-state index contributed by atoms with van der Waals surface area (Å²) in [6.07, 6.45) is 0.851. The minimum Gasteiger partial charge on any atom is -0.493 e. The highest BCUT2D eigenvalue weighted by atomic mass is 16.5. The molecular weight excluding hydrogens is 420 g/mol. The largest absolute Gasteiger partial charge is 0.493 e. The van der Waals surface area contributed by atoms with Gasteiger partial charge in [0.2, 0.25) is 5.88 Å². The lowest BCUT2D eigenvalue weighted by molar-refractivity contribution is 0.0706. The van der Waals surface area contributed by atoms with E-state index < -0.39 is 6.10 Å². The van der Waals surface area contributed by atoms with Crippen LogP contribution < -0.4 is 14.2 Å². The highest BCUT2D eigenvalue weighted by Gasteiger charge is 2.16. The molecule has 0 aliphatic heterocycles. The van der Waals surface area contributed by atoms with Gasteiger partial charge in [0.1, 0.15) is 24.8 Å². The van der Waals surface area contributed by atoms with E-state index in [-0.39, 0.29) is 6.61 Å². The van der Waals surface area contributed by atoms with Gasteiger partial charge in [0.15, 0.2) is 11.5 Å². The van der Waals surface area contributed by atoms with E-state index in [4.69, 9.17) is 14.2 Å². The van der Waals surface area contributed by atoms with E-state index in [0.717, 1.165) is 29.7 Å². The standard InChI is InChI=1S/C25H30N4O4/c1-5-29(6-2)13-18(30)14-32-24-12-22-20(11-23(24)31-4)25(27-15-26-22)33-19-7-8-21-17(10-19)9-16(3)28-21/h7-12,15,18,28,30H,5-6,13-14H2,1-4H3. The molecule has 0 spiro atoms. The van der Waals surface area contributed by atoms with Crippen LogP contribution in [0.4, 0.5) is 0 Å². The summed E-state index contributed by atoms with van der Waals surface area (Å²) in [6, 6.07) is 11.5. The first kappa shape index (κ1) is 22.8. The van der Waals surface area contributed by atoms with Crippen LogP contribution in [-0.4, -0.2) is 64.4 Å². The summed E-state index contributed by atoms with van der Waals surface area (Å²) >= 11 is 0. The summed E-state index contributed by atoms with van der Waals surface area (Å²) in [5.41, 5.74) is 2.81. The number of hydrogen-bond acceptors (Lipinski definition) is 7. The Hall–Kier alpha value is -3.36. The first-order valence-corrected chi connectivity index (χ1v) is 11.1. The van der Waals surface area contributed by atoms with Crippen LogP contribution in [0.5, 0.6) is 23.1 Å². The molecular formula is C25H30N4O4. The average molecular weight is 451 g/mol. The number of aryl methyl sites for hydroxylation is 1. The van der Waals surface area contributed by atoms with Crippen molar-refractivity contribution in [3.8, 4) is 23.1 Å². The number of H-pyrrole nitrogens is 1. The summed E-state index contributed by atoms with van der Waals surface area (Å²) in [5.74, 6) is 2.14. The quantitative estimate of drug-likeness (QED) is 0.372. The van der Waals surface area contributed by atoms with Crippen LogP contribution in [0.3, 0.4) is 0 Å². The molecule has 4 rings (SSSR count). The molecule has 4 aromatic rings. The minimum absolute atomic E-state index is 0.156. The summed E-state index contributed by atoms with van der Waals surface area (Å²) in [6.45, 7) is 8.62. The van der Waals surface area contributed by atoms with Crippen molar-refractivity contribution in [3.63, 3.8) is 0 Å². The molecule has 8 heteroatoms. The topological polar surface area (TPSA) is 92.7 Å². The smallest absolute Gasteiger partial charge is 0.230 e. The molecule has 8 nitrogen and oxygen atoms in total. The van der Waals surface area contributed by atoms with Crippen LogP contribution in [0.25, 0.3) is 21.8 Å². The maximum Gasteiger partial charge on any atom is 0.230 e. The molecule has 0 aliphatic rings. The molecule has 1 unspecified atom stereocenters. The van der Waals surface area contributed by atoms with Gasteiger partial charge in [0.25, 0.3) is 0 Å². The Bertz CT molecular complexity index is 1240. The van der Waals surface area contributed by atoms with Gasteiger partial charge in [0, 0.05) is 29.2 Å². The van der Waals surface area contributed by atoms with Crippen LogP contribution in [0, 0.1) is 6.92 Å². The van der Waals surface area contributed by atoms with Crippen LogP contribution >= 0.6 is 0 Å². The Morgan fingerprint density at radius 3 is 2.64 bits per heavy atom. The maximum absolute atomic E-state index is 10.3. The molecule has 2 heterocycles. The number of aromatic nitrogens is 3. The summed E-state index contributed by atoms with van der Waals surface area (Å²) in [4.78, 5) is 14.2. The van der Waals surface area contributed by atoms with Gasteiger partial charge in [-0.2, -0.15) is 0 Å². The van der Waals surface area contributed by atoms with Crippen LogP contribution in [0.2, 0.25) is 0 Å². The third-order valence-corrected chi connectivity index (χ3v) is 5.62. The van der Waals surface area contributed by atoms with Gasteiger partial charge in [0.05, 0.1) is 18.0 Å². The van der Waals surface area contributed by atoms with E-state index in [9.17, 15) is 5.11 Å². The number of nitrogens with zero attached hydrogens (tertiary/aromatic N) is 3. The van der Waals surface area contributed by atoms with Crippen molar-refractivity contribution >= 4 is 21.8 Å². The molecule has 0 bridgehead atoms. The second kappa shape index (κ2) is 10.1. The van der Waals surface area contributed by atoms with Crippen molar-refractivity contribution in [2.24, 2.45) is 0 Å². The van der Waals surface area contributed by atoms with Crippen molar-refractivity contribution in [3.05, 3.63) is 48.4 Å². The van der Waals surface area contributed by atoms with Gasteiger partial charge in [-0.3, -0.25) is 0 Å². The molecule has 2 aromatic carbocycles. The lowest BCUT2D eigenvalue weighted by Crippen LogP contribution is -2.35. The second-order valence-corrected chi connectivity index (χ2v) is 7.95. The Morgan fingerprint density at radius 2 is 1.88 bits per heavy atom. The SMILES string of the molecule is CCN(CC)CC(O)COc1cc2ncnc(Oc3ccc4[nH]c(C)cc4c3)c2cc1OC. The van der Waals surface area contributed by atoms with Gasteiger partial charge in [-0.25, -0.2) is 9.97 Å². The fourth-order valence-electron chi connectivity index (χ4n) is 3.84. The molecule has 33 heavy (non-hydrogen) atoms. The van der Waals surface area contributed by atoms with Crippen molar-refractivity contribution in [2.45, 2.75) is 26.9 Å². The van der Waals surface area contributed by atoms with Crippen LogP contribution in [0.15, 0.2) is 42.7 Å². The molecule has 0 saturated heterocycles. The van der Waals surface area contributed by atoms with Crippen LogP contribution in [0.1, 0.15) is 19.5 Å². The molecule has 2 N–H and O–H groups in total. The normalized spacial score (nSPS) is 12.4. The van der Waals surface area contributed by atoms with Crippen molar-refractivity contribution < 1.29 is 19.3 Å². The van der Waals surface area contributed by atoms with Crippen molar-refractivity contribution in [1.29, 1.82) is 0 Å². The first-order chi connectivity index (χ1) is 16.0. The second-order valence-electron chi connectivity index (χ2n) is 7.95. The third kappa shape index (κ3) is 5.18. The number of fused-ring (bicyclic) bond motifs is 2. The number of nitrogens with one attached hydrogen (secondary N) is 1. The van der Waals surface area contributed by atoms with Crippen molar-refractivity contribution in [2.75, 3.05) is 33.4 Å². The monoisotopic (exact) mass is 450 g/mol. The molecule has 174 valence electrons. The number of benzene rings is 2. The highest BCUT2D eigenvalue weighted by molar-refractivity contribution is 5.87. The fraction of sp³-hybridized carbons (Fsp3) is 0.360. The van der Waals surface area contributed by atoms with Gasteiger partial charge in [-0.05, 0) is 50.3 Å². The number of likely N-dealkylation sites (N-methyl/N-ethyl adjacent to an activating group) is 1. The zero-order chi connectivity index (χ0) is 23.4. The predicted molar refractivity (Wildman–Crippen MR) is 128 cm³/mol. The molecule has 0 saturated carbocycles. The van der Waals surface area contributed by atoms with Gasteiger partial charge >= 0.3 is 0 Å². The van der Waals surface area contributed by atoms with E-state index in [0.29, 0.717) is 40.6 Å². The summed E-state index contributed by atoms with van der Waals surface area (Å²) < 4.78 is 17.5. The van der Waals surface area contributed by atoms with E-state index in [1.165, 1.54) is 6.33 Å². The van der Waals surface area contributed by atoms with E-state index >= 15 is 0 Å². The fourth-order valence-corrected chi connectivity index (χ4v) is 3.84. The minimum atomic E-state index is -0.610. The summed E-state index contributed by atoms with van der Waals surface area (Å²) in [5, 5.41) is 12.1. The first-order valence-electron chi connectivity index (χ1n) is 11.1. The number of aliphatic hydroxyl groups excluding tert-OH is 1. The van der Waals surface area contributed by atoms with E-state index in [1.54, 1.807) is 19.2 Å². The number of rotatable bonds is 10. The summed E-state index contributed by atoms with van der Waals surface area (Å²) in [7, 11) is 1.58. The zero-order valence-corrected chi connectivity index (χ0v) is 19.5. The number of aromatic amines is 1. The Morgan fingerprint density at radius 1 is 1.06 bits per heavy atom. The molecule has 2 aromatic heterocycles. The lowest BCUT2D eigenvalue weighted by atomic mass is 10.2. The van der Waals surface area contributed by atoms with Crippen molar-refractivity contribution in [1.82, 2.24) is 19.9 Å². The molecule has 0 aliphatic carbocycles. The Labute approximate surface area is 193 Å². The average Bonchev–Trinajstić information content (AvgIpc) is 3.20. The highest BCUT2D eigenvalue weighted by Crippen LogP contribution is 2.36. The van der Waals surface area contributed by atoms with Gasteiger partial charge in [-0.1, -0.05) is 13.8 Å². The predicted octanol–water partition coefficient (Wildman–Crippen LogP) is 4.30.